The highest BCUT2D eigenvalue weighted by Gasteiger charge is 2.37. The van der Waals surface area contributed by atoms with Gasteiger partial charge in [-0.1, -0.05) is 0 Å². The number of anilines is 1. The molecule has 2 rings (SSSR count). The fourth-order valence-corrected chi connectivity index (χ4v) is 2.26. The van der Waals surface area contributed by atoms with Crippen molar-refractivity contribution in [2.75, 3.05) is 25.2 Å². The minimum Gasteiger partial charge on any atom is -0.481 e. The van der Waals surface area contributed by atoms with Gasteiger partial charge in [-0.25, -0.2) is 4.98 Å². The third-order valence-corrected chi connectivity index (χ3v) is 3.47. The average Bonchev–Trinajstić information content (AvgIpc) is 2.86. The molecule has 1 N–H and O–H groups in total. The number of nitro groups is 1. The molecule has 8 nitrogen and oxygen atoms in total. The molecule has 108 valence electrons. The zero-order valence-electron chi connectivity index (χ0n) is 11.1. The molecule has 2 unspecified atom stereocenters. The zero-order valence-corrected chi connectivity index (χ0v) is 11.1. The van der Waals surface area contributed by atoms with E-state index < -0.39 is 16.8 Å². The molecule has 0 saturated carbocycles. The molecule has 2 atom stereocenters. The van der Waals surface area contributed by atoms with Gasteiger partial charge in [0.05, 0.1) is 24.2 Å². The monoisotopic (exact) mass is 281 g/mol. The standard InChI is InChI=1S/C12H15N3O5/c1-7-9(15(18)19)3-4-11(13-7)14(2)10-6-20-5-8(10)12(16)17/h3-4,8,10H,5-6H2,1-2H3,(H,16,17). The third-order valence-electron chi connectivity index (χ3n) is 3.47. The van der Waals surface area contributed by atoms with Crippen molar-refractivity contribution >= 4 is 17.5 Å². The summed E-state index contributed by atoms with van der Waals surface area (Å²) in [4.78, 5) is 27.3. The number of pyridine rings is 1. The second kappa shape index (κ2) is 5.41. The summed E-state index contributed by atoms with van der Waals surface area (Å²) in [6.45, 7) is 2.01. The number of carboxylic acid groups (broad SMARTS) is 1. The number of rotatable bonds is 4. The maximum absolute atomic E-state index is 11.1. The highest BCUT2D eigenvalue weighted by Crippen LogP contribution is 2.25. The molecule has 0 amide bonds. The Balaban J connectivity index is 2.25. The smallest absolute Gasteiger partial charge is 0.311 e. The highest BCUT2D eigenvalue weighted by atomic mass is 16.6. The van der Waals surface area contributed by atoms with E-state index in [0.717, 1.165) is 0 Å². The van der Waals surface area contributed by atoms with Crippen LogP contribution in [0.5, 0.6) is 0 Å². The minimum absolute atomic E-state index is 0.0559. The van der Waals surface area contributed by atoms with Crippen LogP contribution in [0.25, 0.3) is 0 Å². The van der Waals surface area contributed by atoms with Crippen LogP contribution in [0.4, 0.5) is 11.5 Å². The minimum atomic E-state index is -0.919. The Labute approximate surface area is 115 Å². The Bertz CT molecular complexity index is 548. The Morgan fingerprint density at radius 1 is 1.55 bits per heavy atom. The summed E-state index contributed by atoms with van der Waals surface area (Å²) >= 11 is 0. The number of likely N-dealkylation sites (N-methyl/N-ethyl adjacent to an activating group) is 1. The number of hydrogen-bond donors (Lipinski definition) is 1. The van der Waals surface area contributed by atoms with Crippen LogP contribution < -0.4 is 4.90 Å². The van der Waals surface area contributed by atoms with Crippen LogP contribution in [-0.4, -0.2) is 47.3 Å². The lowest BCUT2D eigenvalue weighted by Crippen LogP contribution is -2.41. The molecule has 1 aromatic heterocycles. The second-order valence-electron chi connectivity index (χ2n) is 4.69. The van der Waals surface area contributed by atoms with Gasteiger partial charge >= 0.3 is 5.97 Å². The molecular weight excluding hydrogens is 266 g/mol. The molecule has 0 aliphatic carbocycles. The number of carbonyl (C=O) groups is 1. The summed E-state index contributed by atoms with van der Waals surface area (Å²) in [7, 11) is 1.71. The summed E-state index contributed by atoms with van der Waals surface area (Å²) in [6, 6.07) is 2.56. The van der Waals surface area contributed by atoms with Crippen molar-refractivity contribution in [3.63, 3.8) is 0 Å². The number of aromatic nitrogens is 1. The predicted molar refractivity (Wildman–Crippen MR) is 69.8 cm³/mol. The van der Waals surface area contributed by atoms with Crippen LogP contribution in [0.2, 0.25) is 0 Å². The number of ether oxygens (including phenoxy) is 1. The van der Waals surface area contributed by atoms with Gasteiger partial charge in [-0.2, -0.15) is 0 Å². The van der Waals surface area contributed by atoms with E-state index in [9.17, 15) is 14.9 Å². The molecule has 0 bridgehead atoms. The summed E-state index contributed by atoms with van der Waals surface area (Å²) in [5.41, 5.74) is 0.241. The van der Waals surface area contributed by atoms with Crippen LogP contribution in [0.15, 0.2) is 12.1 Å². The lowest BCUT2D eigenvalue weighted by Gasteiger charge is -2.27. The first-order chi connectivity index (χ1) is 9.41. The van der Waals surface area contributed by atoms with Crippen molar-refractivity contribution in [2.24, 2.45) is 5.92 Å². The fraction of sp³-hybridized carbons (Fsp3) is 0.500. The number of aryl methyl sites for hydroxylation is 1. The fourth-order valence-electron chi connectivity index (χ4n) is 2.26. The maximum atomic E-state index is 11.1. The Morgan fingerprint density at radius 3 is 2.80 bits per heavy atom. The summed E-state index contributed by atoms with van der Waals surface area (Å²) < 4.78 is 5.21. The van der Waals surface area contributed by atoms with Crippen molar-refractivity contribution in [2.45, 2.75) is 13.0 Å². The summed E-state index contributed by atoms with van der Waals surface area (Å²) in [5, 5.41) is 19.9. The van der Waals surface area contributed by atoms with Gasteiger partial charge in [0.2, 0.25) is 0 Å². The van der Waals surface area contributed by atoms with Crippen molar-refractivity contribution < 1.29 is 19.6 Å². The SMILES string of the molecule is Cc1nc(N(C)C2COCC2C(=O)O)ccc1[N+](=O)[O-]. The molecule has 0 aromatic carbocycles. The van der Waals surface area contributed by atoms with Crippen LogP contribution in [0.3, 0.4) is 0 Å². The first kappa shape index (κ1) is 14.2. The van der Waals surface area contributed by atoms with Crippen molar-refractivity contribution in [3.05, 3.63) is 27.9 Å². The van der Waals surface area contributed by atoms with Crippen molar-refractivity contribution in [3.8, 4) is 0 Å². The molecule has 1 fully saturated rings. The van der Waals surface area contributed by atoms with Gasteiger partial charge in [0.25, 0.3) is 5.69 Å². The zero-order chi connectivity index (χ0) is 14.9. The van der Waals surface area contributed by atoms with E-state index in [2.05, 4.69) is 4.98 Å². The average molecular weight is 281 g/mol. The first-order valence-electron chi connectivity index (χ1n) is 6.07. The van der Waals surface area contributed by atoms with E-state index in [1.807, 2.05) is 0 Å². The van der Waals surface area contributed by atoms with Crippen molar-refractivity contribution in [1.82, 2.24) is 4.98 Å². The molecular formula is C12H15N3O5. The van der Waals surface area contributed by atoms with E-state index in [-0.39, 0.29) is 18.3 Å². The lowest BCUT2D eigenvalue weighted by molar-refractivity contribution is -0.385. The Kier molecular flexibility index (Phi) is 3.84. The Hall–Kier alpha value is -2.22. The van der Waals surface area contributed by atoms with E-state index >= 15 is 0 Å². The largest absolute Gasteiger partial charge is 0.481 e. The van der Waals surface area contributed by atoms with Gasteiger partial charge in [-0.15, -0.1) is 0 Å². The van der Waals surface area contributed by atoms with Crippen LogP contribution in [-0.2, 0) is 9.53 Å². The highest BCUT2D eigenvalue weighted by molar-refractivity contribution is 5.72. The molecule has 20 heavy (non-hydrogen) atoms. The number of hydrogen-bond acceptors (Lipinski definition) is 6. The molecule has 1 aliphatic rings. The van der Waals surface area contributed by atoms with E-state index in [4.69, 9.17) is 9.84 Å². The quantitative estimate of drug-likeness (QED) is 0.643. The number of carboxylic acids is 1. The van der Waals surface area contributed by atoms with Crippen LogP contribution >= 0.6 is 0 Å². The number of nitrogens with zero attached hydrogens (tertiary/aromatic N) is 3. The third kappa shape index (κ3) is 2.55. The van der Waals surface area contributed by atoms with Gasteiger partial charge in [-0.05, 0) is 13.0 Å². The van der Waals surface area contributed by atoms with E-state index in [1.54, 1.807) is 18.9 Å². The molecule has 1 aromatic rings. The van der Waals surface area contributed by atoms with Gasteiger partial charge in [-0.3, -0.25) is 14.9 Å². The first-order valence-corrected chi connectivity index (χ1v) is 6.07. The second-order valence-corrected chi connectivity index (χ2v) is 4.69. The van der Waals surface area contributed by atoms with Gasteiger partial charge in [0.1, 0.15) is 17.4 Å². The van der Waals surface area contributed by atoms with Gasteiger partial charge in [0.15, 0.2) is 0 Å². The van der Waals surface area contributed by atoms with E-state index in [0.29, 0.717) is 18.1 Å². The predicted octanol–water partition coefficient (Wildman–Crippen LogP) is 0.834. The lowest BCUT2D eigenvalue weighted by atomic mass is 10.0. The van der Waals surface area contributed by atoms with Crippen LogP contribution in [0.1, 0.15) is 5.69 Å². The van der Waals surface area contributed by atoms with Crippen LogP contribution in [0, 0.1) is 23.0 Å². The molecule has 0 radical (unpaired) electrons. The molecule has 2 heterocycles. The number of aliphatic carboxylic acids is 1. The normalized spacial score (nSPS) is 21.7. The topological polar surface area (TPSA) is 106 Å². The van der Waals surface area contributed by atoms with Crippen molar-refractivity contribution in [1.29, 1.82) is 0 Å². The molecule has 0 spiro atoms. The van der Waals surface area contributed by atoms with Gasteiger partial charge < -0.3 is 14.7 Å². The molecule has 1 saturated heterocycles. The molecule has 8 heteroatoms. The van der Waals surface area contributed by atoms with E-state index in [1.165, 1.54) is 12.1 Å². The Morgan fingerprint density at radius 2 is 2.25 bits per heavy atom. The maximum Gasteiger partial charge on any atom is 0.311 e. The van der Waals surface area contributed by atoms with Gasteiger partial charge in [0, 0.05) is 13.1 Å². The summed E-state index contributed by atoms with van der Waals surface area (Å²) in [5.74, 6) is -1.05. The summed E-state index contributed by atoms with van der Waals surface area (Å²) in [6.07, 6.45) is 0. The molecule has 1 aliphatic heterocycles.